The molecule has 0 N–H and O–H groups in total. The van der Waals surface area contributed by atoms with E-state index >= 15 is 0 Å². The van der Waals surface area contributed by atoms with Crippen LogP contribution in [0.5, 0.6) is 0 Å². The van der Waals surface area contributed by atoms with Crippen LogP contribution in [0.3, 0.4) is 0 Å². The van der Waals surface area contributed by atoms with E-state index < -0.39 is 10.7 Å². The maximum absolute atomic E-state index is 8.58. The standard InChI is InChI=1S/3C9H22N.6CN.Fe/c3*1-5-6-7-8-9-10(2,3)4;6*1-2;/h3*5-9H2,1-4H3;;;;;;;/q3*+1;;;;;;;-3. The van der Waals surface area contributed by atoms with E-state index in [4.69, 9.17) is 31.6 Å². The number of hydrogen-bond donors (Lipinski definition) is 0. The van der Waals surface area contributed by atoms with Gasteiger partial charge in [-0.1, -0.05) is 59.3 Å². The van der Waals surface area contributed by atoms with Crippen molar-refractivity contribution in [1.82, 2.24) is 0 Å². The summed E-state index contributed by atoms with van der Waals surface area (Å²) in [5.74, 6) is 0. The first-order valence-corrected chi connectivity index (χ1v) is 18.8. The van der Waals surface area contributed by atoms with Gasteiger partial charge in [-0.3, -0.25) is 0 Å². The summed E-state index contributed by atoms with van der Waals surface area (Å²) in [6.07, 6.45) is 16.6. The van der Waals surface area contributed by atoms with Crippen molar-refractivity contribution < 1.29 is 24.2 Å². The van der Waals surface area contributed by atoms with Crippen molar-refractivity contribution in [3.63, 3.8) is 0 Å². The van der Waals surface area contributed by atoms with Crippen LogP contribution in [0, 0.1) is 61.4 Å². The van der Waals surface area contributed by atoms with E-state index in [9.17, 15) is 0 Å². The minimum absolute atomic E-state index is 1.03. The van der Waals surface area contributed by atoms with Gasteiger partial charge in [0.25, 0.3) is 0 Å². The average Bonchev–Trinajstić information content (AvgIpc) is 2.94. The summed E-state index contributed by atoms with van der Waals surface area (Å²) in [6, 6.07) is 0. The van der Waals surface area contributed by atoms with E-state index in [1.807, 2.05) is 0 Å². The number of nitriles is 6. The van der Waals surface area contributed by atoms with E-state index in [1.54, 1.807) is 0 Å². The van der Waals surface area contributed by atoms with Gasteiger partial charge in [-0.05, 0) is 38.5 Å². The van der Waals surface area contributed by atoms with E-state index in [2.05, 4.69) is 84.2 Å². The third-order valence-corrected chi connectivity index (χ3v) is 9.94. The second-order valence-corrected chi connectivity index (χ2v) is 19.6. The number of quaternary nitrogens is 3. The van der Waals surface area contributed by atoms with Crippen LogP contribution >= 0.6 is 0 Å². The van der Waals surface area contributed by atoms with Crippen LogP contribution in [0.25, 0.3) is 0 Å². The monoisotopic (exact) mass is 644 g/mol. The fourth-order valence-electron chi connectivity index (χ4n) is 3.30. The fraction of sp³-hybridized carbons (Fsp3) is 0.818. The second-order valence-electron chi connectivity index (χ2n) is 14.0. The predicted molar refractivity (Wildman–Crippen MR) is 175 cm³/mol. The molecule has 0 aromatic carbocycles. The number of nitrogens with zero attached hydrogens (tertiary/aromatic N) is 9. The molecule has 0 unspecified atom stereocenters. The third-order valence-electron chi connectivity index (χ3n) is 6.23. The van der Waals surface area contributed by atoms with Gasteiger partial charge in [-0.25, -0.2) is 0 Å². The predicted octanol–water partition coefficient (Wildman–Crippen LogP) is 6.92. The summed E-state index contributed by atoms with van der Waals surface area (Å²) >= 11 is 0. The molecule has 0 radical (unpaired) electrons. The van der Waals surface area contributed by atoms with Gasteiger partial charge in [-0.15, -0.1) is 0 Å². The van der Waals surface area contributed by atoms with E-state index in [1.165, 1.54) is 96.7 Å². The van der Waals surface area contributed by atoms with Crippen molar-refractivity contribution in [3.8, 4) is 29.8 Å². The summed E-state index contributed by atoms with van der Waals surface area (Å²) in [4.78, 5) is 6.19. The average molecular weight is 645 g/mol. The Morgan fingerprint density at radius 1 is 0.349 bits per heavy atom. The van der Waals surface area contributed by atoms with Crippen LogP contribution in [-0.4, -0.2) is 96.5 Å². The van der Waals surface area contributed by atoms with Crippen molar-refractivity contribution in [2.24, 2.45) is 0 Å². The molecule has 9 nitrogen and oxygen atoms in total. The molecule has 0 heterocycles. The molecular weight excluding hydrogens is 578 g/mol. The molecule has 0 aliphatic rings. The van der Waals surface area contributed by atoms with Crippen molar-refractivity contribution in [2.75, 3.05) is 83.1 Å². The summed E-state index contributed by atoms with van der Waals surface area (Å²) < 4.78 is 3.34. The summed E-state index contributed by atoms with van der Waals surface area (Å²) in [5.41, 5.74) is 0. The van der Waals surface area contributed by atoms with E-state index in [0.717, 1.165) is 43.3 Å². The molecule has 0 bridgehead atoms. The molecule has 0 fully saturated rings. The first-order valence-electron chi connectivity index (χ1n) is 15.5. The topological polar surface area (TPSA) is 143 Å². The Morgan fingerprint density at radius 3 is 0.628 bits per heavy atom. The SMILES string of the molecule is CCCCCC[N+](C)(C)C.CCCCCC[N+](C)(C)C.CCCCCC[N+](C)(C)C.N#[C][Fe-3]([C]#N)([C]#N)([C]#N)([C]#N)[C]#N. The van der Waals surface area contributed by atoms with Crippen molar-refractivity contribution in [3.05, 3.63) is 0 Å². The van der Waals surface area contributed by atoms with Gasteiger partial charge in [-0.2, -0.15) is 0 Å². The second kappa shape index (κ2) is 21.9. The van der Waals surface area contributed by atoms with E-state index in [-0.39, 0.29) is 0 Å². The molecule has 251 valence electrons. The molecule has 0 aliphatic heterocycles. The van der Waals surface area contributed by atoms with Crippen LogP contribution in [0.15, 0.2) is 0 Å². The van der Waals surface area contributed by atoms with Crippen LogP contribution in [-0.2, 0) is 10.7 Å². The van der Waals surface area contributed by atoms with Gasteiger partial charge in [0, 0.05) is 0 Å². The molecule has 43 heavy (non-hydrogen) atoms. The van der Waals surface area contributed by atoms with Gasteiger partial charge in [0.05, 0.1) is 83.1 Å². The fourth-order valence-corrected chi connectivity index (χ4v) is 4.13. The Bertz CT molecular complexity index is 823. The molecule has 10 heteroatoms. The summed E-state index contributed by atoms with van der Waals surface area (Å²) in [5, 5.41) is 51.5. The normalized spacial score (nSPS) is 12.4. The first-order chi connectivity index (χ1) is 19.7. The van der Waals surface area contributed by atoms with Crippen LogP contribution in [0.2, 0.25) is 0 Å². The first kappa shape index (κ1) is 47.3. The van der Waals surface area contributed by atoms with Crippen molar-refractivity contribution in [1.29, 1.82) is 31.6 Å². The van der Waals surface area contributed by atoms with Crippen LogP contribution in [0.4, 0.5) is 0 Å². The quantitative estimate of drug-likeness (QED) is 0.108. The molecule has 0 saturated carbocycles. The molecule has 0 saturated heterocycles. The Labute approximate surface area is 265 Å². The molecule has 0 rings (SSSR count). The number of unbranched alkanes of at least 4 members (excludes halogenated alkanes) is 9. The van der Waals surface area contributed by atoms with Gasteiger partial charge >= 0.3 is 72.1 Å². The minimum atomic E-state index is -6.17. The number of rotatable bonds is 15. The summed E-state index contributed by atoms with van der Waals surface area (Å²) in [7, 11) is 14.1. The zero-order valence-corrected chi connectivity index (χ0v) is 31.1. The van der Waals surface area contributed by atoms with Gasteiger partial charge in [0.2, 0.25) is 0 Å². The molecule has 0 aliphatic carbocycles. The Morgan fingerprint density at radius 2 is 0.535 bits per heavy atom. The zero-order valence-electron chi connectivity index (χ0n) is 30.0. The Balaban J connectivity index is -0.000000238. The molecule has 0 atom stereocenters. The summed E-state index contributed by atoms with van der Waals surface area (Å²) in [6.45, 7) is 10.7. The molecular formula is C33H66FeN9. The molecule has 0 aromatic rings. The Kier molecular flexibility index (Phi) is 24.1. The van der Waals surface area contributed by atoms with Crippen molar-refractivity contribution >= 4 is 0 Å². The third kappa shape index (κ3) is 23.5. The van der Waals surface area contributed by atoms with E-state index in [0.29, 0.717) is 0 Å². The maximum atomic E-state index is 8.58. The molecule has 0 spiro atoms. The van der Waals surface area contributed by atoms with Crippen molar-refractivity contribution in [2.45, 2.75) is 97.8 Å². The molecule has 0 aromatic heterocycles. The molecule has 0 amide bonds. The van der Waals surface area contributed by atoms with Gasteiger partial charge in [0.1, 0.15) is 0 Å². The van der Waals surface area contributed by atoms with Gasteiger partial charge < -0.3 is 13.4 Å². The van der Waals surface area contributed by atoms with Crippen LogP contribution < -0.4 is 0 Å². The number of hydrogen-bond acceptors (Lipinski definition) is 6. The van der Waals surface area contributed by atoms with Gasteiger partial charge in [0.15, 0.2) is 0 Å². The zero-order chi connectivity index (χ0) is 34.8. The Hall–Kier alpha value is -2.66. The van der Waals surface area contributed by atoms with Crippen LogP contribution in [0.1, 0.15) is 97.8 Å².